The fourth-order valence-electron chi connectivity index (χ4n) is 2.99. The first-order valence-electron chi connectivity index (χ1n) is 8.98. The smallest absolute Gasteiger partial charge is 0.414 e. The SMILES string of the molecule is CC(=O)NC[C@H]1CN(c2ccc(-c3ccc(CNC(N)=O)cc3)c(F)c2)C(=O)O1. The molecule has 1 saturated heterocycles. The lowest BCUT2D eigenvalue weighted by Gasteiger charge is -2.14. The summed E-state index contributed by atoms with van der Waals surface area (Å²) >= 11 is 0. The van der Waals surface area contributed by atoms with E-state index in [2.05, 4.69) is 10.6 Å². The maximum Gasteiger partial charge on any atom is 0.414 e. The minimum atomic E-state index is -0.615. The van der Waals surface area contributed by atoms with Gasteiger partial charge in [-0.3, -0.25) is 9.69 Å². The second kappa shape index (κ2) is 8.59. The van der Waals surface area contributed by atoms with E-state index in [1.54, 1.807) is 36.4 Å². The van der Waals surface area contributed by atoms with Crippen molar-refractivity contribution >= 4 is 23.7 Å². The lowest BCUT2D eigenvalue weighted by atomic mass is 10.0. The number of hydrogen-bond donors (Lipinski definition) is 3. The minimum absolute atomic E-state index is 0.203. The predicted octanol–water partition coefficient (Wildman–Crippen LogP) is 2.12. The molecule has 2 aromatic rings. The number of rotatable bonds is 6. The van der Waals surface area contributed by atoms with Crippen LogP contribution in [0.3, 0.4) is 0 Å². The molecule has 4 amide bonds. The summed E-state index contributed by atoms with van der Waals surface area (Å²) in [6.07, 6.45) is -1.07. The van der Waals surface area contributed by atoms with Crippen LogP contribution in [0.15, 0.2) is 42.5 Å². The van der Waals surface area contributed by atoms with Gasteiger partial charge in [-0.15, -0.1) is 0 Å². The zero-order valence-corrected chi connectivity index (χ0v) is 15.8. The van der Waals surface area contributed by atoms with Crippen molar-refractivity contribution in [1.82, 2.24) is 10.6 Å². The van der Waals surface area contributed by atoms with Crippen LogP contribution in [0.2, 0.25) is 0 Å². The molecule has 0 unspecified atom stereocenters. The van der Waals surface area contributed by atoms with Gasteiger partial charge in [0.05, 0.1) is 18.8 Å². The molecule has 152 valence electrons. The molecule has 2 aromatic carbocycles. The molecule has 1 aliphatic rings. The number of cyclic esters (lactones) is 1. The third-order valence-electron chi connectivity index (χ3n) is 4.45. The van der Waals surface area contributed by atoms with Crippen LogP contribution >= 0.6 is 0 Å². The van der Waals surface area contributed by atoms with E-state index in [0.29, 0.717) is 16.8 Å². The number of urea groups is 1. The van der Waals surface area contributed by atoms with Crippen molar-refractivity contribution in [2.24, 2.45) is 5.73 Å². The number of benzene rings is 2. The maximum absolute atomic E-state index is 14.7. The Bertz CT molecular complexity index is 933. The zero-order valence-electron chi connectivity index (χ0n) is 15.8. The molecule has 29 heavy (non-hydrogen) atoms. The Balaban J connectivity index is 1.71. The lowest BCUT2D eigenvalue weighted by Crippen LogP contribution is -2.33. The molecule has 1 atom stereocenters. The van der Waals surface area contributed by atoms with Gasteiger partial charge in [-0.05, 0) is 29.3 Å². The highest BCUT2D eigenvalue weighted by Crippen LogP contribution is 2.29. The van der Waals surface area contributed by atoms with Gasteiger partial charge >= 0.3 is 12.1 Å². The molecule has 0 spiro atoms. The summed E-state index contributed by atoms with van der Waals surface area (Å²) in [6, 6.07) is 10.9. The molecule has 0 aromatic heterocycles. The van der Waals surface area contributed by atoms with Crippen LogP contribution in [0.1, 0.15) is 12.5 Å². The standard InChI is InChI=1S/C20H21FN4O4/c1-12(26)23-10-16-11-25(20(28)29-16)15-6-7-17(18(21)8-15)14-4-2-13(3-5-14)9-24-19(22)27/h2-8,16H,9-11H2,1H3,(H,23,26)(H3,22,24,27)/t16-/m0/s1. The summed E-state index contributed by atoms with van der Waals surface area (Å²) in [7, 11) is 0. The molecule has 0 bridgehead atoms. The van der Waals surface area contributed by atoms with Crippen molar-refractivity contribution in [2.45, 2.75) is 19.6 Å². The number of halogens is 1. The third-order valence-corrected chi connectivity index (χ3v) is 4.45. The van der Waals surface area contributed by atoms with E-state index in [-0.39, 0.29) is 25.5 Å². The van der Waals surface area contributed by atoms with Crippen LogP contribution in [0.25, 0.3) is 11.1 Å². The normalized spacial score (nSPS) is 15.7. The lowest BCUT2D eigenvalue weighted by molar-refractivity contribution is -0.119. The Morgan fingerprint density at radius 2 is 1.93 bits per heavy atom. The molecule has 1 aliphatic heterocycles. The number of hydrogen-bond acceptors (Lipinski definition) is 4. The van der Waals surface area contributed by atoms with Crippen LogP contribution in [0.4, 0.5) is 19.7 Å². The second-order valence-electron chi connectivity index (χ2n) is 6.63. The first kappa shape index (κ1) is 20.1. The summed E-state index contributed by atoms with van der Waals surface area (Å²) in [4.78, 5) is 35.2. The van der Waals surface area contributed by atoms with Crippen LogP contribution < -0.4 is 21.3 Å². The molecule has 0 radical (unpaired) electrons. The van der Waals surface area contributed by atoms with Crippen LogP contribution in [0.5, 0.6) is 0 Å². The summed E-state index contributed by atoms with van der Waals surface area (Å²) in [5.41, 5.74) is 7.28. The maximum atomic E-state index is 14.7. The number of carbonyl (C=O) groups excluding carboxylic acids is 3. The molecule has 1 fully saturated rings. The first-order chi connectivity index (χ1) is 13.8. The van der Waals surface area contributed by atoms with Gasteiger partial charge in [0.25, 0.3) is 0 Å². The van der Waals surface area contributed by atoms with Crippen molar-refractivity contribution in [3.8, 4) is 11.1 Å². The number of amides is 4. The van der Waals surface area contributed by atoms with Gasteiger partial charge < -0.3 is 21.1 Å². The summed E-state index contributed by atoms with van der Waals surface area (Å²) in [5.74, 6) is -0.699. The average Bonchev–Trinajstić information content (AvgIpc) is 3.06. The van der Waals surface area contributed by atoms with Crippen LogP contribution in [-0.2, 0) is 16.1 Å². The first-order valence-corrected chi connectivity index (χ1v) is 8.98. The Hall–Kier alpha value is -3.62. The summed E-state index contributed by atoms with van der Waals surface area (Å²) in [5, 5.41) is 5.08. The van der Waals surface area contributed by atoms with Crippen LogP contribution in [-0.4, -0.2) is 37.2 Å². The average molecular weight is 400 g/mol. The number of anilines is 1. The molecule has 0 aliphatic carbocycles. The number of nitrogens with two attached hydrogens (primary N) is 1. The van der Waals surface area contributed by atoms with Gasteiger partial charge in [-0.1, -0.05) is 24.3 Å². The van der Waals surface area contributed by atoms with Gasteiger partial charge in [0, 0.05) is 19.0 Å². The van der Waals surface area contributed by atoms with Gasteiger partial charge in [-0.25, -0.2) is 14.0 Å². The molecule has 0 saturated carbocycles. The summed E-state index contributed by atoms with van der Waals surface area (Å²) in [6.45, 7) is 2.09. The Morgan fingerprint density at radius 3 is 2.55 bits per heavy atom. The Morgan fingerprint density at radius 1 is 1.21 bits per heavy atom. The third kappa shape index (κ3) is 5.01. The van der Waals surface area contributed by atoms with E-state index >= 15 is 0 Å². The van der Waals surface area contributed by atoms with Gasteiger partial charge in [0.1, 0.15) is 11.9 Å². The quantitative estimate of drug-likeness (QED) is 0.689. The minimum Gasteiger partial charge on any atom is -0.442 e. The fraction of sp³-hybridized carbons (Fsp3) is 0.250. The molecular formula is C20H21FN4O4. The van der Waals surface area contributed by atoms with E-state index in [9.17, 15) is 18.8 Å². The van der Waals surface area contributed by atoms with E-state index in [0.717, 1.165) is 5.56 Å². The van der Waals surface area contributed by atoms with Gasteiger partial charge in [0.15, 0.2) is 0 Å². The summed E-state index contributed by atoms with van der Waals surface area (Å²) < 4.78 is 19.9. The van der Waals surface area contributed by atoms with E-state index in [4.69, 9.17) is 10.5 Å². The van der Waals surface area contributed by atoms with Crippen molar-refractivity contribution in [2.75, 3.05) is 18.0 Å². The number of carbonyl (C=O) groups is 3. The van der Waals surface area contributed by atoms with Crippen molar-refractivity contribution in [3.05, 3.63) is 53.8 Å². The monoisotopic (exact) mass is 400 g/mol. The molecule has 4 N–H and O–H groups in total. The van der Waals surface area contributed by atoms with Gasteiger partial charge in [-0.2, -0.15) is 0 Å². The van der Waals surface area contributed by atoms with Crippen molar-refractivity contribution in [3.63, 3.8) is 0 Å². The highest BCUT2D eigenvalue weighted by molar-refractivity contribution is 5.90. The van der Waals surface area contributed by atoms with E-state index in [1.807, 2.05) is 0 Å². The predicted molar refractivity (Wildman–Crippen MR) is 105 cm³/mol. The number of primary amides is 1. The molecular weight excluding hydrogens is 379 g/mol. The Labute approximate surface area is 166 Å². The second-order valence-corrected chi connectivity index (χ2v) is 6.63. The highest BCUT2D eigenvalue weighted by atomic mass is 19.1. The molecule has 3 rings (SSSR count). The van der Waals surface area contributed by atoms with E-state index in [1.165, 1.54) is 17.9 Å². The number of nitrogens with one attached hydrogen (secondary N) is 2. The van der Waals surface area contributed by atoms with Crippen molar-refractivity contribution < 1.29 is 23.5 Å². The fourth-order valence-corrected chi connectivity index (χ4v) is 2.99. The molecule has 1 heterocycles. The van der Waals surface area contributed by atoms with Crippen molar-refractivity contribution in [1.29, 1.82) is 0 Å². The number of nitrogens with zero attached hydrogens (tertiary/aromatic N) is 1. The Kier molecular flexibility index (Phi) is 5.96. The number of ether oxygens (including phenoxy) is 1. The van der Waals surface area contributed by atoms with Gasteiger partial charge in [0.2, 0.25) is 5.91 Å². The zero-order chi connectivity index (χ0) is 21.0. The van der Waals surface area contributed by atoms with Crippen LogP contribution in [0, 0.1) is 5.82 Å². The largest absolute Gasteiger partial charge is 0.442 e. The highest BCUT2D eigenvalue weighted by Gasteiger charge is 2.32. The topological polar surface area (TPSA) is 114 Å². The molecule has 9 heteroatoms. The molecule has 8 nitrogen and oxygen atoms in total. The van der Waals surface area contributed by atoms with E-state index < -0.39 is 24.0 Å².